The maximum atomic E-state index is 10.3. The summed E-state index contributed by atoms with van der Waals surface area (Å²) in [4.78, 5) is 10.3. The molecule has 1 heterocycles. The third-order valence-corrected chi connectivity index (χ3v) is 1.42. The van der Waals surface area contributed by atoms with Gasteiger partial charge >= 0.3 is 0 Å². The van der Waals surface area contributed by atoms with E-state index in [0.29, 0.717) is 32.2 Å². The Balaban J connectivity index is 1.76. The monoisotopic (exact) mass is 159 g/mol. The molecule has 1 atom stereocenters. The molecule has 0 aromatic rings. The van der Waals surface area contributed by atoms with Gasteiger partial charge in [-0.05, 0) is 6.42 Å². The van der Waals surface area contributed by atoms with Crippen molar-refractivity contribution < 1.29 is 14.3 Å². The molecule has 0 saturated carbocycles. The van der Waals surface area contributed by atoms with E-state index in [1.165, 1.54) is 0 Å². The Hall–Kier alpha value is -0.610. The molecule has 4 heteroatoms. The molecule has 64 valence electrons. The molecule has 1 aliphatic rings. The number of ether oxygens (including phenoxy) is 2. The van der Waals surface area contributed by atoms with Crippen molar-refractivity contribution in [2.75, 3.05) is 19.8 Å². The molecule has 0 radical (unpaired) electrons. The maximum Gasteiger partial charge on any atom is 0.217 e. The molecule has 1 amide bonds. The van der Waals surface area contributed by atoms with E-state index in [4.69, 9.17) is 15.2 Å². The van der Waals surface area contributed by atoms with Gasteiger partial charge in [0.05, 0.1) is 13.2 Å². The average Bonchev–Trinajstić information content (AvgIpc) is 2.70. The van der Waals surface area contributed by atoms with Crippen LogP contribution >= 0.6 is 0 Å². The maximum absolute atomic E-state index is 10.3. The minimum atomic E-state index is -0.267. The lowest BCUT2D eigenvalue weighted by Crippen LogP contribution is -2.12. The summed E-state index contributed by atoms with van der Waals surface area (Å²) in [6, 6.07) is 0. The number of nitrogens with two attached hydrogens (primary N) is 1. The van der Waals surface area contributed by atoms with E-state index in [0.717, 1.165) is 6.61 Å². The highest BCUT2D eigenvalue weighted by Crippen LogP contribution is 2.08. The number of amides is 1. The Morgan fingerprint density at radius 1 is 1.73 bits per heavy atom. The minimum Gasteiger partial charge on any atom is -0.379 e. The number of hydrogen-bond acceptors (Lipinski definition) is 3. The molecule has 4 nitrogen and oxygen atoms in total. The van der Waals surface area contributed by atoms with Gasteiger partial charge in [0.1, 0.15) is 6.10 Å². The standard InChI is InChI=1S/C7H13NO3/c8-7(9)2-1-3-10-4-6-5-11-6/h6H,1-5H2,(H2,8,9). The summed E-state index contributed by atoms with van der Waals surface area (Å²) in [5.74, 6) is -0.267. The summed E-state index contributed by atoms with van der Waals surface area (Å²) >= 11 is 0. The van der Waals surface area contributed by atoms with Crippen LogP contribution in [0.5, 0.6) is 0 Å². The van der Waals surface area contributed by atoms with E-state index >= 15 is 0 Å². The summed E-state index contributed by atoms with van der Waals surface area (Å²) < 4.78 is 10.1. The van der Waals surface area contributed by atoms with Crippen LogP contribution in [0.15, 0.2) is 0 Å². The number of hydrogen-bond donors (Lipinski definition) is 1. The number of carbonyl (C=O) groups is 1. The molecule has 0 bridgehead atoms. The van der Waals surface area contributed by atoms with E-state index in [9.17, 15) is 4.79 Å². The highest BCUT2D eigenvalue weighted by Gasteiger charge is 2.21. The number of carbonyl (C=O) groups excluding carboxylic acids is 1. The topological polar surface area (TPSA) is 64.9 Å². The van der Waals surface area contributed by atoms with Crippen molar-refractivity contribution in [3.8, 4) is 0 Å². The highest BCUT2D eigenvalue weighted by molar-refractivity contribution is 5.73. The fraction of sp³-hybridized carbons (Fsp3) is 0.857. The van der Waals surface area contributed by atoms with E-state index < -0.39 is 0 Å². The van der Waals surface area contributed by atoms with Crippen LogP contribution in [0, 0.1) is 0 Å². The van der Waals surface area contributed by atoms with Crippen molar-refractivity contribution >= 4 is 5.91 Å². The lowest BCUT2D eigenvalue weighted by atomic mass is 10.3. The van der Waals surface area contributed by atoms with Gasteiger partial charge in [-0.15, -0.1) is 0 Å². The van der Waals surface area contributed by atoms with Gasteiger partial charge in [-0.25, -0.2) is 0 Å². The third kappa shape index (κ3) is 4.75. The lowest BCUT2D eigenvalue weighted by molar-refractivity contribution is -0.118. The van der Waals surface area contributed by atoms with Crippen LogP contribution in [0.3, 0.4) is 0 Å². The lowest BCUT2D eigenvalue weighted by Gasteiger charge is -1.98. The zero-order valence-electron chi connectivity index (χ0n) is 6.41. The minimum absolute atomic E-state index is 0.267. The molecule has 0 aromatic heterocycles. The Morgan fingerprint density at radius 2 is 2.45 bits per heavy atom. The first kappa shape index (κ1) is 8.49. The first-order valence-electron chi connectivity index (χ1n) is 3.76. The number of primary amides is 1. The smallest absolute Gasteiger partial charge is 0.217 e. The predicted octanol–water partition coefficient (Wildman–Crippen LogP) is -0.333. The molecular formula is C7H13NO3. The van der Waals surface area contributed by atoms with E-state index in [1.807, 2.05) is 0 Å². The number of rotatable bonds is 6. The summed E-state index contributed by atoms with van der Waals surface area (Å²) in [6.45, 7) is 2.07. The molecule has 0 aliphatic carbocycles. The van der Waals surface area contributed by atoms with Gasteiger partial charge in [0.15, 0.2) is 0 Å². The third-order valence-electron chi connectivity index (χ3n) is 1.42. The quantitative estimate of drug-likeness (QED) is 0.426. The van der Waals surface area contributed by atoms with E-state index in [-0.39, 0.29) is 5.91 Å². The number of epoxide rings is 1. The predicted molar refractivity (Wildman–Crippen MR) is 39.0 cm³/mol. The molecule has 2 N–H and O–H groups in total. The molecular weight excluding hydrogens is 146 g/mol. The summed E-state index contributed by atoms with van der Waals surface area (Å²) in [5.41, 5.74) is 4.93. The van der Waals surface area contributed by atoms with Gasteiger partial charge in [0, 0.05) is 13.0 Å². The van der Waals surface area contributed by atoms with E-state index in [1.54, 1.807) is 0 Å². The van der Waals surface area contributed by atoms with Gasteiger partial charge in [0.25, 0.3) is 0 Å². The second-order valence-corrected chi connectivity index (χ2v) is 2.60. The van der Waals surface area contributed by atoms with Gasteiger partial charge in [-0.3, -0.25) is 4.79 Å². The van der Waals surface area contributed by atoms with Crippen LogP contribution in [0.1, 0.15) is 12.8 Å². The molecule has 11 heavy (non-hydrogen) atoms. The molecule has 1 fully saturated rings. The van der Waals surface area contributed by atoms with Crippen molar-refractivity contribution in [3.63, 3.8) is 0 Å². The van der Waals surface area contributed by atoms with Crippen LogP contribution in [0.25, 0.3) is 0 Å². The second kappa shape index (κ2) is 4.31. The van der Waals surface area contributed by atoms with Gasteiger partial charge < -0.3 is 15.2 Å². The Morgan fingerprint density at radius 3 is 3.00 bits per heavy atom. The van der Waals surface area contributed by atoms with Crippen LogP contribution in [0.4, 0.5) is 0 Å². The van der Waals surface area contributed by atoms with Crippen LogP contribution in [0.2, 0.25) is 0 Å². The molecule has 0 spiro atoms. The first-order valence-corrected chi connectivity index (χ1v) is 3.76. The summed E-state index contributed by atoms with van der Waals surface area (Å²) in [6.07, 6.45) is 1.43. The van der Waals surface area contributed by atoms with Gasteiger partial charge in [-0.1, -0.05) is 0 Å². The van der Waals surface area contributed by atoms with Crippen LogP contribution in [-0.2, 0) is 14.3 Å². The molecule has 0 aromatic carbocycles. The fourth-order valence-corrected chi connectivity index (χ4v) is 0.728. The summed E-state index contributed by atoms with van der Waals surface area (Å²) in [7, 11) is 0. The van der Waals surface area contributed by atoms with Crippen LogP contribution in [-0.4, -0.2) is 31.8 Å². The molecule has 1 rings (SSSR count). The van der Waals surface area contributed by atoms with Gasteiger partial charge in [0.2, 0.25) is 5.91 Å². The molecule has 1 saturated heterocycles. The second-order valence-electron chi connectivity index (χ2n) is 2.60. The summed E-state index contributed by atoms with van der Waals surface area (Å²) in [5, 5.41) is 0. The Labute approximate surface area is 65.7 Å². The Kier molecular flexibility index (Phi) is 3.32. The van der Waals surface area contributed by atoms with Crippen molar-refractivity contribution in [2.45, 2.75) is 18.9 Å². The van der Waals surface area contributed by atoms with Crippen molar-refractivity contribution in [1.82, 2.24) is 0 Å². The SMILES string of the molecule is NC(=O)CCCOCC1CO1. The average molecular weight is 159 g/mol. The molecule has 1 unspecified atom stereocenters. The fourth-order valence-electron chi connectivity index (χ4n) is 0.728. The normalized spacial score (nSPS) is 21.6. The zero-order chi connectivity index (χ0) is 8.10. The van der Waals surface area contributed by atoms with Gasteiger partial charge in [-0.2, -0.15) is 0 Å². The zero-order valence-corrected chi connectivity index (χ0v) is 6.41. The largest absolute Gasteiger partial charge is 0.379 e. The van der Waals surface area contributed by atoms with Crippen LogP contribution < -0.4 is 5.73 Å². The highest BCUT2D eigenvalue weighted by atomic mass is 16.6. The van der Waals surface area contributed by atoms with Crippen molar-refractivity contribution in [1.29, 1.82) is 0 Å². The van der Waals surface area contributed by atoms with E-state index in [2.05, 4.69) is 0 Å². The van der Waals surface area contributed by atoms with Crippen molar-refractivity contribution in [3.05, 3.63) is 0 Å². The van der Waals surface area contributed by atoms with Crippen molar-refractivity contribution in [2.24, 2.45) is 5.73 Å². The first-order chi connectivity index (χ1) is 5.29. The molecule has 1 aliphatic heterocycles. The Bertz CT molecular complexity index is 134.